The van der Waals surface area contributed by atoms with Crippen LogP contribution in [0, 0.1) is 17.1 Å². The van der Waals surface area contributed by atoms with Gasteiger partial charge in [-0.05, 0) is 42.7 Å². The molecule has 1 aromatic heterocycles. The van der Waals surface area contributed by atoms with Crippen LogP contribution in [0.5, 0.6) is 0 Å². The SMILES string of the molecule is N#Cc1ccc(NCC2(c3ccc(F)cc3)CCCC2)nc1. The van der Waals surface area contributed by atoms with Gasteiger partial charge in [0.05, 0.1) is 5.56 Å². The van der Waals surface area contributed by atoms with E-state index in [1.807, 2.05) is 18.2 Å². The molecule has 1 fully saturated rings. The normalized spacial score (nSPS) is 16.2. The van der Waals surface area contributed by atoms with Crippen LogP contribution in [-0.2, 0) is 5.41 Å². The lowest BCUT2D eigenvalue weighted by Crippen LogP contribution is -2.31. The summed E-state index contributed by atoms with van der Waals surface area (Å²) in [5, 5.41) is 12.2. The Labute approximate surface area is 129 Å². The number of halogens is 1. The van der Waals surface area contributed by atoms with Crippen molar-refractivity contribution in [1.82, 2.24) is 4.98 Å². The lowest BCUT2D eigenvalue weighted by molar-refractivity contribution is 0.465. The Bertz CT molecular complexity index is 665. The van der Waals surface area contributed by atoms with Crippen molar-refractivity contribution in [2.45, 2.75) is 31.1 Å². The maximum absolute atomic E-state index is 13.2. The number of nitrogens with zero attached hydrogens (tertiary/aromatic N) is 2. The minimum atomic E-state index is -0.196. The molecule has 1 saturated carbocycles. The molecule has 0 saturated heterocycles. The molecule has 0 atom stereocenters. The zero-order chi connectivity index (χ0) is 15.4. The third-order valence-corrected chi connectivity index (χ3v) is 4.52. The largest absolute Gasteiger partial charge is 0.369 e. The molecular weight excluding hydrogens is 277 g/mol. The standard InChI is InChI=1S/C18H18FN3/c19-16-6-4-15(5-7-16)18(9-1-2-10-18)13-22-17-8-3-14(11-20)12-21-17/h3-8,12H,1-2,9-10,13H2,(H,21,22). The summed E-state index contributed by atoms with van der Waals surface area (Å²) < 4.78 is 13.2. The van der Waals surface area contributed by atoms with Gasteiger partial charge >= 0.3 is 0 Å². The first kappa shape index (κ1) is 14.5. The predicted octanol–water partition coefficient (Wildman–Crippen LogP) is 4.02. The minimum absolute atomic E-state index is 0.0449. The summed E-state index contributed by atoms with van der Waals surface area (Å²) in [6.45, 7) is 0.775. The first-order valence-corrected chi connectivity index (χ1v) is 7.58. The summed E-state index contributed by atoms with van der Waals surface area (Å²) in [5.74, 6) is 0.575. The van der Waals surface area contributed by atoms with Crippen LogP contribution in [0.15, 0.2) is 42.6 Å². The number of nitriles is 1. The molecule has 1 aromatic carbocycles. The molecule has 0 bridgehead atoms. The second kappa shape index (κ2) is 6.15. The summed E-state index contributed by atoms with van der Waals surface area (Å²) in [6, 6.07) is 12.5. The molecule has 22 heavy (non-hydrogen) atoms. The second-order valence-corrected chi connectivity index (χ2v) is 5.89. The quantitative estimate of drug-likeness (QED) is 0.927. The van der Waals surface area contributed by atoms with Crippen LogP contribution in [0.1, 0.15) is 36.8 Å². The fraction of sp³-hybridized carbons (Fsp3) is 0.333. The van der Waals surface area contributed by atoms with Crippen molar-refractivity contribution in [3.8, 4) is 6.07 Å². The zero-order valence-corrected chi connectivity index (χ0v) is 12.3. The molecule has 0 spiro atoms. The van der Waals surface area contributed by atoms with Gasteiger partial charge in [0.1, 0.15) is 17.7 Å². The highest BCUT2D eigenvalue weighted by Crippen LogP contribution is 2.41. The summed E-state index contributed by atoms with van der Waals surface area (Å²) in [4.78, 5) is 4.26. The summed E-state index contributed by atoms with van der Waals surface area (Å²) in [6.07, 6.45) is 6.16. The van der Waals surface area contributed by atoms with E-state index in [9.17, 15) is 4.39 Å². The van der Waals surface area contributed by atoms with Crippen molar-refractivity contribution in [3.63, 3.8) is 0 Å². The van der Waals surface area contributed by atoms with Gasteiger partial charge in [0, 0.05) is 18.2 Å². The van der Waals surface area contributed by atoms with Crippen molar-refractivity contribution in [2.24, 2.45) is 0 Å². The van der Waals surface area contributed by atoms with Gasteiger partial charge < -0.3 is 5.32 Å². The van der Waals surface area contributed by atoms with E-state index in [0.29, 0.717) is 5.56 Å². The van der Waals surface area contributed by atoms with Gasteiger partial charge in [-0.15, -0.1) is 0 Å². The van der Waals surface area contributed by atoms with E-state index < -0.39 is 0 Å². The molecule has 3 nitrogen and oxygen atoms in total. The van der Waals surface area contributed by atoms with Crippen molar-refractivity contribution in [1.29, 1.82) is 5.26 Å². The molecule has 1 heterocycles. The zero-order valence-electron chi connectivity index (χ0n) is 12.3. The maximum Gasteiger partial charge on any atom is 0.125 e. The average molecular weight is 295 g/mol. The van der Waals surface area contributed by atoms with E-state index >= 15 is 0 Å². The number of aromatic nitrogens is 1. The van der Waals surface area contributed by atoms with Crippen molar-refractivity contribution < 1.29 is 4.39 Å². The van der Waals surface area contributed by atoms with Crippen LogP contribution in [-0.4, -0.2) is 11.5 Å². The maximum atomic E-state index is 13.2. The van der Waals surface area contributed by atoms with Crippen molar-refractivity contribution in [2.75, 3.05) is 11.9 Å². The molecule has 1 aliphatic rings. The van der Waals surface area contributed by atoms with Gasteiger partial charge in [-0.3, -0.25) is 0 Å². The van der Waals surface area contributed by atoms with E-state index in [0.717, 1.165) is 25.2 Å². The molecule has 0 unspecified atom stereocenters. The number of hydrogen-bond acceptors (Lipinski definition) is 3. The van der Waals surface area contributed by atoms with Crippen LogP contribution in [0.2, 0.25) is 0 Å². The van der Waals surface area contributed by atoms with Crippen molar-refractivity contribution >= 4 is 5.82 Å². The number of anilines is 1. The van der Waals surface area contributed by atoms with Gasteiger partial charge in [0.2, 0.25) is 0 Å². The fourth-order valence-corrected chi connectivity index (χ4v) is 3.25. The smallest absolute Gasteiger partial charge is 0.125 e. The van der Waals surface area contributed by atoms with Crippen LogP contribution in [0.3, 0.4) is 0 Å². The molecule has 4 heteroatoms. The van der Waals surface area contributed by atoms with Gasteiger partial charge in [-0.1, -0.05) is 25.0 Å². The molecule has 112 valence electrons. The van der Waals surface area contributed by atoms with Crippen LogP contribution >= 0.6 is 0 Å². The molecule has 3 rings (SSSR count). The van der Waals surface area contributed by atoms with Crippen LogP contribution in [0.25, 0.3) is 0 Å². The first-order chi connectivity index (χ1) is 10.7. The lowest BCUT2D eigenvalue weighted by atomic mass is 9.79. The lowest BCUT2D eigenvalue weighted by Gasteiger charge is -2.30. The minimum Gasteiger partial charge on any atom is -0.369 e. The first-order valence-electron chi connectivity index (χ1n) is 7.58. The fourth-order valence-electron chi connectivity index (χ4n) is 3.25. The number of rotatable bonds is 4. The van der Waals surface area contributed by atoms with Crippen LogP contribution in [0.4, 0.5) is 10.2 Å². The molecule has 0 radical (unpaired) electrons. The molecule has 2 aromatic rings. The highest BCUT2D eigenvalue weighted by atomic mass is 19.1. The molecule has 0 aliphatic heterocycles. The number of pyridine rings is 1. The summed E-state index contributed by atoms with van der Waals surface area (Å²) >= 11 is 0. The number of hydrogen-bond donors (Lipinski definition) is 1. The monoisotopic (exact) mass is 295 g/mol. The summed E-state index contributed by atoms with van der Waals surface area (Å²) in [5.41, 5.74) is 1.79. The van der Waals surface area contributed by atoms with E-state index in [2.05, 4.69) is 16.4 Å². The van der Waals surface area contributed by atoms with Gasteiger partial charge in [-0.25, -0.2) is 9.37 Å². The van der Waals surface area contributed by atoms with E-state index in [4.69, 9.17) is 5.26 Å². The second-order valence-electron chi connectivity index (χ2n) is 5.89. The van der Waals surface area contributed by atoms with Gasteiger partial charge in [0.15, 0.2) is 0 Å². The Morgan fingerprint density at radius 3 is 2.45 bits per heavy atom. The third-order valence-electron chi connectivity index (χ3n) is 4.52. The number of benzene rings is 1. The topological polar surface area (TPSA) is 48.7 Å². The van der Waals surface area contributed by atoms with Crippen molar-refractivity contribution in [3.05, 3.63) is 59.5 Å². The molecule has 1 aliphatic carbocycles. The highest BCUT2D eigenvalue weighted by molar-refractivity contribution is 5.40. The van der Waals surface area contributed by atoms with E-state index in [-0.39, 0.29) is 11.2 Å². The Morgan fingerprint density at radius 2 is 1.86 bits per heavy atom. The Morgan fingerprint density at radius 1 is 1.14 bits per heavy atom. The van der Waals surface area contributed by atoms with Gasteiger partial charge in [0.25, 0.3) is 0 Å². The Balaban J connectivity index is 1.77. The van der Waals surface area contributed by atoms with E-state index in [1.165, 1.54) is 30.5 Å². The average Bonchev–Trinajstić information content (AvgIpc) is 3.04. The highest BCUT2D eigenvalue weighted by Gasteiger charge is 2.35. The Kier molecular flexibility index (Phi) is 4.06. The summed E-state index contributed by atoms with van der Waals surface area (Å²) in [7, 11) is 0. The van der Waals surface area contributed by atoms with Crippen LogP contribution < -0.4 is 5.32 Å². The predicted molar refractivity (Wildman–Crippen MR) is 84.0 cm³/mol. The third kappa shape index (κ3) is 2.94. The van der Waals surface area contributed by atoms with Gasteiger partial charge in [-0.2, -0.15) is 5.26 Å². The molecular formula is C18H18FN3. The Hall–Kier alpha value is -2.41. The van der Waals surface area contributed by atoms with E-state index in [1.54, 1.807) is 12.3 Å². The molecule has 1 N–H and O–H groups in total. The molecule has 0 amide bonds. The number of nitrogens with one attached hydrogen (secondary N) is 1.